The Hall–Kier alpha value is -2.53. The maximum absolute atomic E-state index is 12.7. The van der Waals surface area contributed by atoms with Gasteiger partial charge in [-0.1, -0.05) is 37.3 Å². The largest absolute Gasteiger partial charge is 0.365 e. The van der Waals surface area contributed by atoms with Crippen molar-refractivity contribution in [1.29, 1.82) is 0 Å². The monoisotopic (exact) mass is 295 g/mol. The predicted molar refractivity (Wildman–Crippen MR) is 83.1 cm³/mol. The Bertz CT molecular complexity index is 700. The summed E-state index contributed by atoms with van der Waals surface area (Å²) in [6.07, 6.45) is 4.09. The first kappa shape index (κ1) is 14.4. The van der Waals surface area contributed by atoms with Gasteiger partial charge < -0.3 is 5.11 Å². The number of nitrogens with zero attached hydrogens (tertiary/aromatic N) is 3. The van der Waals surface area contributed by atoms with Gasteiger partial charge in [0.15, 0.2) is 5.72 Å². The van der Waals surface area contributed by atoms with Crippen LogP contribution >= 0.6 is 0 Å². The summed E-state index contributed by atoms with van der Waals surface area (Å²) in [6, 6.07) is 12.5. The third-order valence-corrected chi connectivity index (χ3v) is 3.79. The molecule has 1 aliphatic rings. The van der Waals surface area contributed by atoms with Crippen LogP contribution in [0.2, 0.25) is 0 Å². The van der Waals surface area contributed by atoms with Crippen LogP contribution in [0.15, 0.2) is 60.0 Å². The van der Waals surface area contributed by atoms with Crippen molar-refractivity contribution in [2.24, 2.45) is 5.10 Å². The lowest BCUT2D eigenvalue weighted by Gasteiger charge is -2.31. The van der Waals surface area contributed by atoms with Crippen molar-refractivity contribution in [1.82, 2.24) is 9.99 Å². The first-order valence-electron chi connectivity index (χ1n) is 7.24. The number of carbonyl (C=O) groups is 1. The highest BCUT2D eigenvalue weighted by Gasteiger charge is 2.45. The summed E-state index contributed by atoms with van der Waals surface area (Å²) in [5, 5.41) is 16.6. The van der Waals surface area contributed by atoms with Gasteiger partial charge in [0, 0.05) is 30.1 Å². The molecule has 2 heterocycles. The van der Waals surface area contributed by atoms with Crippen LogP contribution in [-0.4, -0.2) is 26.7 Å². The molecule has 1 aliphatic heterocycles. The quantitative estimate of drug-likeness (QED) is 0.946. The van der Waals surface area contributed by atoms with Crippen LogP contribution < -0.4 is 0 Å². The first-order chi connectivity index (χ1) is 10.6. The van der Waals surface area contributed by atoms with E-state index in [1.165, 1.54) is 11.2 Å². The number of aromatic nitrogens is 1. The highest BCUT2D eigenvalue weighted by atomic mass is 16.3. The van der Waals surface area contributed by atoms with Gasteiger partial charge in [-0.3, -0.25) is 9.78 Å². The van der Waals surface area contributed by atoms with Crippen LogP contribution in [0.5, 0.6) is 0 Å². The summed E-state index contributed by atoms with van der Waals surface area (Å²) in [7, 11) is 0. The molecule has 0 radical (unpaired) electrons. The van der Waals surface area contributed by atoms with Crippen LogP contribution in [0.4, 0.5) is 0 Å². The third-order valence-electron chi connectivity index (χ3n) is 3.79. The molecule has 5 nitrogen and oxygen atoms in total. The average molecular weight is 295 g/mol. The van der Waals surface area contributed by atoms with Crippen LogP contribution in [0.25, 0.3) is 0 Å². The highest BCUT2D eigenvalue weighted by molar-refractivity contribution is 5.98. The number of aliphatic hydroxyl groups is 1. The Morgan fingerprint density at radius 2 is 2.05 bits per heavy atom. The van der Waals surface area contributed by atoms with Crippen molar-refractivity contribution in [2.75, 3.05) is 0 Å². The molecule has 5 heteroatoms. The summed E-state index contributed by atoms with van der Waals surface area (Å²) in [5.41, 5.74) is 0.403. The average Bonchev–Trinajstić information content (AvgIpc) is 2.94. The summed E-state index contributed by atoms with van der Waals surface area (Å²) >= 11 is 0. The normalized spacial score (nSPS) is 20.8. The van der Waals surface area contributed by atoms with Crippen LogP contribution in [-0.2, 0) is 5.72 Å². The maximum Gasteiger partial charge on any atom is 0.278 e. The van der Waals surface area contributed by atoms with E-state index in [1.54, 1.807) is 30.5 Å². The van der Waals surface area contributed by atoms with Gasteiger partial charge in [-0.2, -0.15) is 10.1 Å². The fraction of sp³-hybridized carbons (Fsp3) is 0.235. The minimum Gasteiger partial charge on any atom is -0.365 e. The molecule has 0 bridgehead atoms. The molecule has 1 aromatic heterocycles. The molecule has 22 heavy (non-hydrogen) atoms. The van der Waals surface area contributed by atoms with E-state index in [0.29, 0.717) is 24.0 Å². The second kappa shape index (κ2) is 5.69. The van der Waals surface area contributed by atoms with Crippen molar-refractivity contribution < 1.29 is 9.90 Å². The molecule has 0 spiro atoms. The van der Waals surface area contributed by atoms with Crippen molar-refractivity contribution >= 4 is 11.6 Å². The Balaban J connectivity index is 2.02. The number of carbonyl (C=O) groups excluding carboxylic acids is 1. The van der Waals surface area contributed by atoms with Gasteiger partial charge in [0.1, 0.15) is 0 Å². The second-order valence-electron chi connectivity index (χ2n) is 5.24. The zero-order chi connectivity index (χ0) is 15.6. The lowest BCUT2D eigenvalue weighted by Crippen LogP contribution is -2.43. The summed E-state index contributed by atoms with van der Waals surface area (Å²) in [5.74, 6) is -0.358. The molecule has 1 atom stereocenters. The van der Waals surface area contributed by atoms with Crippen molar-refractivity contribution in [3.8, 4) is 0 Å². The molecule has 112 valence electrons. The van der Waals surface area contributed by atoms with Crippen LogP contribution in [0.1, 0.15) is 35.7 Å². The summed E-state index contributed by atoms with van der Waals surface area (Å²) in [6.45, 7) is 1.96. The second-order valence-corrected chi connectivity index (χ2v) is 5.24. The number of hydrogen-bond acceptors (Lipinski definition) is 4. The molecule has 2 aromatic rings. The first-order valence-corrected chi connectivity index (χ1v) is 7.24. The van der Waals surface area contributed by atoms with E-state index in [9.17, 15) is 9.90 Å². The molecular formula is C17H17N3O2. The van der Waals surface area contributed by atoms with E-state index in [4.69, 9.17) is 0 Å². The van der Waals surface area contributed by atoms with E-state index in [2.05, 4.69) is 10.1 Å². The zero-order valence-electron chi connectivity index (χ0n) is 12.3. The SMILES string of the molecule is CCC1=NN(C(=O)c2cccnc2)[C@](O)(c2ccccc2)C1. The molecule has 0 saturated carbocycles. The molecule has 3 rings (SSSR count). The molecule has 0 fully saturated rings. The Morgan fingerprint density at radius 1 is 1.27 bits per heavy atom. The fourth-order valence-corrected chi connectivity index (χ4v) is 2.57. The zero-order valence-corrected chi connectivity index (χ0v) is 12.3. The van der Waals surface area contributed by atoms with Gasteiger partial charge in [-0.05, 0) is 18.6 Å². The number of hydrazone groups is 1. The number of pyridine rings is 1. The number of rotatable bonds is 3. The molecule has 1 amide bonds. The Labute approximate surface area is 128 Å². The Morgan fingerprint density at radius 3 is 2.68 bits per heavy atom. The maximum atomic E-state index is 12.7. The van der Waals surface area contributed by atoms with Crippen LogP contribution in [0.3, 0.4) is 0 Å². The van der Waals surface area contributed by atoms with E-state index < -0.39 is 5.72 Å². The summed E-state index contributed by atoms with van der Waals surface area (Å²) < 4.78 is 0. The smallest absolute Gasteiger partial charge is 0.278 e. The molecule has 0 saturated heterocycles. The lowest BCUT2D eigenvalue weighted by atomic mass is 9.96. The van der Waals surface area contributed by atoms with Gasteiger partial charge in [0.25, 0.3) is 5.91 Å². The van der Waals surface area contributed by atoms with Gasteiger partial charge in [0.05, 0.1) is 5.56 Å². The topological polar surface area (TPSA) is 65.8 Å². The van der Waals surface area contributed by atoms with Crippen molar-refractivity contribution in [3.63, 3.8) is 0 Å². The molecule has 1 N–H and O–H groups in total. The Kier molecular flexibility index (Phi) is 3.73. The van der Waals surface area contributed by atoms with E-state index in [-0.39, 0.29) is 5.91 Å². The third kappa shape index (κ3) is 2.40. The molecular weight excluding hydrogens is 278 g/mol. The van der Waals surface area contributed by atoms with E-state index in [1.807, 2.05) is 25.1 Å². The van der Waals surface area contributed by atoms with Crippen molar-refractivity contribution in [3.05, 3.63) is 66.0 Å². The van der Waals surface area contributed by atoms with Gasteiger partial charge in [-0.15, -0.1) is 0 Å². The number of benzene rings is 1. The van der Waals surface area contributed by atoms with E-state index in [0.717, 1.165) is 5.71 Å². The van der Waals surface area contributed by atoms with Crippen LogP contribution in [0, 0.1) is 0 Å². The molecule has 0 unspecified atom stereocenters. The van der Waals surface area contributed by atoms with E-state index >= 15 is 0 Å². The highest BCUT2D eigenvalue weighted by Crippen LogP contribution is 2.36. The fourth-order valence-electron chi connectivity index (χ4n) is 2.57. The van der Waals surface area contributed by atoms with Crippen molar-refractivity contribution in [2.45, 2.75) is 25.5 Å². The van der Waals surface area contributed by atoms with Gasteiger partial charge in [0.2, 0.25) is 0 Å². The minimum atomic E-state index is -1.44. The van der Waals surface area contributed by atoms with Gasteiger partial charge in [-0.25, -0.2) is 0 Å². The summed E-state index contributed by atoms with van der Waals surface area (Å²) in [4.78, 5) is 16.7. The minimum absolute atomic E-state index is 0.319. The lowest BCUT2D eigenvalue weighted by molar-refractivity contribution is -0.0765. The molecule has 1 aromatic carbocycles. The predicted octanol–water partition coefficient (Wildman–Crippen LogP) is 2.54. The standard InChI is InChI=1S/C17H17N3O2/c1-2-15-11-17(22,14-8-4-3-5-9-14)20(19-15)16(21)13-7-6-10-18-12-13/h3-10,12,22H,2,11H2,1H3/t17-/m1/s1. The number of hydrogen-bond donors (Lipinski definition) is 1. The number of amides is 1. The molecule has 0 aliphatic carbocycles. The van der Waals surface area contributed by atoms with Gasteiger partial charge >= 0.3 is 0 Å².